The van der Waals surface area contributed by atoms with Gasteiger partial charge in [0.1, 0.15) is 11.9 Å². The van der Waals surface area contributed by atoms with Gasteiger partial charge in [-0.15, -0.1) is 15.0 Å². The molecule has 10 heteroatoms. The fraction of sp³-hybridized carbons (Fsp3) is 0.143. The largest absolute Gasteiger partial charge is 0.467 e. The van der Waals surface area contributed by atoms with Crippen LogP contribution in [0.3, 0.4) is 0 Å². The van der Waals surface area contributed by atoms with Crippen molar-refractivity contribution in [1.29, 1.82) is 0 Å². The minimum Gasteiger partial charge on any atom is -0.467 e. The third kappa shape index (κ3) is 4.08. The van der Waals surface area contributed by atoms with Crippen LogP contribution < -0.4 is 0 Å². The average molecular weight is 421 g/mol. The van der Waals surface area contributed by atoms with Gasteiger partial charge >= 0.3 is 5.97 Å². The molecule has 156 valence electrons. The van der Waals surface area contributed by atoms with Crippen molar-refractivity contribution in [2.75, 3.05) is 7.11 Å². The summed E-state index contributed by atoms with van der Waals surface area (Å²) >= 11 is 0. The third-order valence-corrected chi connectivity index (χ3v) is 4.74. The van der Waals surface area contributed by atoms with E-state index >= 15 is 0 Å². The van der Waals surface area contributed by atoms with E-state index in [4.69, 9.17) is 4.74 Å². The number of esters is 1. The van der Waals surface area contributed by atoms with Gasteiger partial charge in [-0.05, 0) is 47.2 Å². The van der Waals surface area contributed by atoms with E-state index in [0.717, 1.165) is 17.1 Å². The summed E-state index contributed by atoms with van der Waals surface area (Å²) in [4.78, 5) is 38.3. The fourth-order valence-electron chi connectivity index (χ4n) is 3.16. The Kier molecular flexibility index (Phi) is 5.35. The monoisotopic (exact) mass is 421 g/mol. The zero-order valence-electron chi connectivity index (χ0n) is 16.3. The Morgan fingerprint density at radius 3 is 2.29 bits per heavy atom. The van der Waals surface area contributed by atoms with Gasteiger partial charge in [-0.3, -0.25) is 14.5 Å². The molecule has 0 aliphatic carbocycles. The highest BCUT2D eigenvalue weighted by Gasteiger charge is 2.36. The molecular weight excluding hydrogens is 405 g/mol. The highest BCUT2D eigenvalue weighted by molar-refractivity contribution is 6.14. The normalized spacial score (nSPS) is 14.2. The number of carbonyl (C=O) groups is 3. The first-order chi connectivity index (χ1) is 15.0. The highest BCUT2D eigenvalue weighted by Crippen LogP contribution is 2.18. The van der Waals surface area contributed by atoms with E-state index in [1.165, 1.54) is 24.0 Å². The number of carbonyl (C=O) groups excluding carboxylic acids is 3. The van der Waals surface area contributed by atoms with Crippen molar-refractivity contribution in [2.24, 2.45) is 0 Å². The summed E-state index contributed by atoms with van der Waals surface area (Å²) in [5, 5.41) is 12.3. The van der Waals surface area contributed by atoms with Crippen LogP contribution in [0.15, 0.2) is 60.7 Å². The van der Waals surface area contributed by atoms with Gasteiger partial charge in [0.15, 0.2) is 0 Å². The summed E-state index contributed by atoms with van der Waals surface area (Å²) in [5.41, 5.74) is 1.93. The van der Waals surface area contributed by atoms with Crippen LogP contribution in [0.2, 0.25) is 0 Å². The second kappa shape index (κ2) is 8.27. The van der Waals surface area contributed by atoms with Crippen molar-refractivity contribution in [3.8, 4) is 17.1 Å². The molecule has 0 radical (unpaired) electrons. The minimum absolute atomic E-state index is 0.0950. The van der Waals surface area contributed by atoms with Crippen LogP contribution in [0.4, 0.5) is 4.39 Å². The summed E-state index contributed by atoms with van der Waals surface area (Å²) < 4.78 is 17.9. The standard InChI is InChI=1S/C21H16FN5O4/c1-31-21(30)17(26-18(28)10-11-19(26)29)12-13-2-8-16(9-3-13)27-24-20(23-25-27)14-4-6-15(22)7-5-14/h2-11,17H,12H2,1H3/t17-/m0/s1. The molecule has 0 saturated heterocycles. The Balaban J connectivity index is 1.52. The average Bonchev–Trinajstić information content (AvgIpc) is 3.40. The van der Waals surface area contributed by atoms with Crippen molar-refractivity contribution in [3.05, 3.63) is 72.1 Å². The molecular formula is C21H16FN5O4. The van der Waals surface area contributed by atoms with E-state index in [1.54, 1.807) is 36.4 Å². The number of tetrazole rings is 1. The van der Waals surface area contributed by atoms with Crippen LogP contribution in [0.25, 0.3) is 17.1 Å². The zero-order chi connectivity index (χ0) is 22.0. The molecule has 1 aromatic heterocycles. The molecule has 9 nitrogen and oxygen atoms in total. The molecule has 1 aliphatic heterocycles. The van der Waals surface area contributed by atoms with Crippen LogP contribution >= 0.6 is 0 Å². The lowest BCUT2D eigenvalue weighted by molar-refractivity contribution is -0.155. The molecule has 2 amide bonds. The Labute approximate surface area is 175 Å². The van der Waals surface area contributed by atoms with Crippen LogP contribution in [0.1, 0.15) is 5.56 Å². The van der Waals surface area contributed by atoms with Gasteiger partial charge in [0.05, 0.1) is 12.8 Å². The topological polar surface area (TPSA) is 107 Å². The van der Waals surface area contributed by atoms with Gasteiger partial charge in [-0.25, -0.2) is 9.18 Å². The number of imide groups is 1. The number of amides is 2. The molecule has 3 aromatic rings. The molecule has 0 spiro atoms. The van der Waals surface area contributed by atoms with Gasteiger partial charge in [-0.2, -0.15) is 0 Å². The van der Waals surface area contributed by atoms with Crippen molar-refractivity contribution in [1.82, 2.24) is 25.1 Å². The highest BCUT2D eigenvalue weighted by atomic mass is 19.1. The first kappa shape index (κ1) is 20.1. The fourth-order valence-corrected chi connectivity index (χ4v) is 3.16. The molecule has 4 rings (SSSR count). The molecule has 1 aliphatic rings. The second-order valence-electron chi connectivity index (χ2n) is 6.70. The molecule has 0 N–H and O–H groups in total. The van der Waals surface area contributed by atoms with Crippen LogP contribution in [0, 0.1) is 5.82 Å². The number of rotatable bonds is 6. The van der Waals surface area contributed by atoms with Gasteiger partial charge in [0.2, 0.25) is 5.82 Å². The van der Waals surface area contributed by atoms with Crippen molar-refractivity contribution in [3.63, 3.8) is 0 Å². The smallest absolute Gasteiger partial charge is 0.329 e. The van der Waals surface area contributed by atoms with Gasteiger partial charge in [0.25, 0.3) is 11.8 Å². The number of aromatic nitrogens is 4. The lowest BCUT2D eigenvalue weighted by Crippen LogP contribution is -2.46. The van der Waals surface area contributed by atoms with E-state index in [9.17, 15) is 18.8 Å². The molecule has 1 atom stereocenters. The Morgan fingerprint density at radius 2 is 1.68 bits per heavy atom. The molecule has 0 bridgehead atoms. The maximum atomic E-state index is 13.1. The van der Waals surface area contributed by atoms with Gasteiger partial charge in [-0.1, -0.05) is 12.1 Å². The molecule has 31 heavy (non-hydrogen) atoms. The molecule has 2 heterocycles. The quantitative estimate of drug-likeness (QED) is 0.438. The Morgan fingerprint density at radius 1 is 1.03 bits per heavy atom. The summed E-state index contributed by atoms with van der Waals surface area (Å²) in [5.74, 6) is -1.82. The predicted octanol–water partition coefficient (Wildman–Crippen LogP) is 1.48. The maximum absolute atomic E-state index is 13.1. The third-order valence-electron chi connectivity index (χ3n) is 4.74. The number of methoxy groups -OCH3 is 1. The first-order valence-electron chi connectivity index (χ1n) is 9.24. The maximum Gasteiger partial charge on any atom is 0.329 e. The van der Waals surface area contributed by atoms with Gasteiger partial charge < -0.3 is 4.74 Å². The number of nitrogens with zero attached hydrogens (tertiary/aromatic N) is 5. The van der Waals surface area contributed by atoms with Gasteiger partial charge in [0, 0.05) is 24.1 Å². The SMILES string of the molecule is COC(=O)[C@H](Cc1ccc(-n2nnc(-c3ccc(F)cc3)n2)cc1)N1C(=O)C=CC1=O. The van der Waals surface area contributed by atoms with Crippen LogP contribution in [-0.4, -0.2) is 56.0 Å². The molecule has 2 aromatic carbocycles. The number of hydrogen-bond acceptors (Lipinski definition) is 7. The van der Waals surface area contributed by atoms with E-state index in [0.29, 0.717) is 22.6 Å². The summed E-state index contributed by atoms with van der Waals surface area (Å²) in [6.45, 7) is 0. The Hall–Kier alpha value is -4.21. The second-order valence-corrected chi connectivity index (χ2v) is 6.70. The molecule has 0 fully saturated rings. The lowest BCUT2D eigenvalue weighted by atomic mass is 10.0. The van der Waals surface area contributed by atoms with Crippen molar-refractivity contribution >= 4 is 17.8 Å². The van der Waals surface area contributed by atoms with E-state index < -0.39 is 23.8 Å². The number of hydrogen-bond donors (Lipinski definition) is 0. The summed E-state index contributed by atoms with van der Waals surface area (Å²) in [6.07, 6.45) is 2.34. The summed E-state index contributed by atoms with van der Waals surface area (Å²) in [6, 6.07) is 11.6. The van der Waals surface area contributed by atoms with E-state index in [2.05, 4.69) is 15.4 Å². The molecule has 0 saturated carbocycles. The van der Waals surface area contributed by atoms with Crippen LogP contribution in [0.5, 0.6) is 0 Å². The number of ether oxygens (including phenoxy) is 1. The van der Waals surface area contributed by atoms with Crippen molar-refractivity contribution < 1.29 is 23.5 Å². The lowest BCUT2D eigenvalue weighted by Gasteiger charge is -2.23. The minimum atomic E-state index is -1.07. The first-order valence-corrected chi connectivity index (χ1v) is 9.24. The van der Waals surface area contributed by atoms with Crippen LogP contribution in [-0.2, 0) is 25.5 Å². The Bertz CT molecular complexity index is 1150. The van der Waals surface area contributed by atoms with E-state index in [1.807, 2.05) is 0 Å². The number of halogens is 1. The zero-order valence-corrected chi connectivity index (χ0v) is 16.3. The predicted molar refractivity (Wildman–Crippen MR) is 105 cm³/mol. The number of benzene rings is 2. The van der Waals surface area contributed by atoms with Crippen molar-refractivity contribution in [2.45, 2.75) is 12.5 Å². The molecule has 0 unspecified atom stereocenters. The van der Waals surface area contributed by atoms with E-state index in [-0.39, 0.29) is 12.2 Å². The summed E-state index contributed by atoms with van der Waals surface area (Å²) in [7, 11) is 1.20.